The number of hydrogen-bond acceptors (Lipinski definition) is 4. The molecule has 7 heteroatoms. The lowest BCUT2D eigenvalue weighted by Gasteiger charge is -2.29. The predicted molar refractivity (Wildman–Crippen MR) is 132 cm³/mol. The van der Waals surface area contributed by atoms with Crippen LogP contribution in [0.3, 0.4) is 0 Å². The first-order chi connectivity index (χ1) is 15.1. The number of rotatable bonds is 20. The van der Waals surface area contributed by atoms with Crippen molar-refractivity contribution >= 4 is 12.0 Å². The minimum Gasteiger partial charge on any atom is -0.465 e. The van der Waals surface area contributed by atoms with Crippen LogP contribution in [0, 0.1) is 5.92 Å². The highest BCUT2D eigenvalue weighted by Gasteiger charge is 2.23. The van der Waals surface area contributed by atoms with Gasteiger partial charge in [0.25, 0.3) is 0 Å². The number of likely N-dealkylation sites (N-methyl/N-ethyl adjacent to an activating group) is 1. The molecule has 0 saturated heterocycles. The largest absolute Gasteiger partial charge is 0.465 e. The number of esters is 1. The number of quaternary nitrogens is 1. The quantitative estimate of drug-likeness (QED) is 0.160. The van der Waals surface area contributed by atoms with Crippen molar-refractivity contribution in [2.45, 2.75) is 91.0 Å². The van der Waals surface area contributed by atoms with Crippen LogP contribution in [0.1, 0.15) is 85.0 Å². The Bertz CT molecular complexity index is 478. The Morgan fingerprint density at radius 3 is 2.03 bits per heavy atom. The second-order valence-corrected chi connectivity index (χ2v) is 10.3. The molecule has 0 saturated carbocycles. The zero-order chi connectivity index (χ0) is 24.2. The van der Waals surface area contributed by atoms with E-state index in [0.717, 1.165) is 38.9 Å². The van der Waals surface area contributed by atoms with Crippen LogP contribution in [0.25, 0.3) is 0 Å². The minimum atomic E-state index is -0.263. The summed E-state index contributed by atoms with van der Waals surface area (Å²) < 4.78 is 11.6. The number of amides is 2. The van der Waals surface area contributed by atoms with E-state index in [1.165, 1.54) is 32.1 Å². The normalized spacial score (nSPS) is 12.6. The molecule has 7 nitrogen and oxygen atoms in total. The summed E-state index contributed by atoms with van der Waals surface area (Å²) in [5.41, 5.74) is 0. The van der Waals surface area contributed by atoms with Gasteiger partial charge in [0.05, 0.1) is 46.8 Å². The average Bonchev–Trinajstić information content (AvgIpc) is 2.68. The third kappa shape index (κ3) is 21.9. The first kappa shape index (κ1) is 30.7. The van der Waals surface area contributed by atoms with Crippen LogP contribution < -0.4 is 10.6 Å². The molecule has 0 rings (SSSR count). The predicted octanol–water partition coefficient (Wildman–Crippen LogP) is 4.50. The molecule has 1 atom stereocenters. The molecule has 2 N–H and O–H groups in total. The van der Waals surface area contributed by atoms with E-state index in [-0.39, 0.29) is 24.5 Å². The molecule has 0 aromatic rings. The standard InChI is InChI=1S/C25H51N3O4/c1-7-8-9-11-14-17-31-18-15-12-10-13-16-26-25(30)27-23(20-28(4,5)6)19-24(29)32-21-22(2)3/h22-23H,7-21H2,1-6H3,(H-,26,27,30)/p+1/t23-/m1/s1. The molecule has 0 aromatic carbocycles. The Labute approximate surface area is 197 Å². The zero-order valence-electron chi connectivity index (χ0n) is 21.8. The van der Waals surface area contributed by atoms with Gasteiger partial charge in [-0.25, -0.2) is 4.79 Å². The van der Waals surface area contributed by atoms with Crippen LogP contribution in [0.15, 0.2) is 0 Å². The number of urea groups is 1. The summed E-state index contributed by atoms with van der Waals surface area (Å²) in [4.78, 5) is 24.4. The fraction of sp³-hybridized carbons (Fsp3) is 0.920. The van der Waals surface area contributed by atoms with E-state index in [2.05, 4.69) is 17.6 Å². The highest BCUT2D eigenvalue weighted by atomic mass is 16.5. The molecule has 0 unspecified atom stereocenters. The summed E-state index contributed by atoms with van der Waals surface area (Å²) in [6.07, 6.45) is 10.8. The minimum absolute atomic E-state index is 0.189. The second kappa shape index (κ2) is 19.2. The fourth-order valence-electron chi connectivity index (χ4n) is 3.37. The lowest BCUT2D eigenvalue weighted by Crippen LogP contribution is -2.52. The molecule has 0 aromatic heterocycles. The van der Waals surface area contributed by atoms with Crippen LogP contribution in [-0.4, -0.2) is 76.6 Å². The van der Waals surface area contributed by atoms with Gasteiger partial charge in [0.2, 0.25) is 0 Å². The van der Waals surface area contributed by atoms with Crippen molar-refractivity contribution in [1.29, 1.82) is 0 Å². The highest BCUT2D eigenvalue weighted by Crippen LogP contribution is 2.05. The monoisotopic (exact) mass is 458 g/mol. The summed E-state index contributed by atoms with van der Waals surface area (Å²) in [5.74, 6) is 0.0368. The molecular formula is C25H52N3O4+. The fourth-order valence-corrected chi connectivity index (χ4v) is 3.37. The van der Waals surface area contributed by atoms with Crippen LogP contribution in [0.4, 0.5) is 4.79 Å². The van der Waals surface area contributed by atoms with Gasteiger partial charge in [-0.1, -0.05) is 59.3 Å². The van der Waals surface area contributed by atoms with Gasteiger partial charge in [-0.2, -0.15) is 0 Å². The van der Waals surface area contributed by atoms with Gasteiger partial charge in [0.15, 0.2) is 0 Å². The number of nitrogens with zero attached hydrogens (tertiary/aromatic N) is 1. The maximum atomic E-state index is 12.3. The molecular weight excluding hydrogens is 406 g/mol. The van der Waals surface area contributed by atoms with Gasteiger partial charge in [-0.15, -0.1) is 0 Å². The lowest BCUT2D eigenvalue weighted by molar-refractivity contribution is -0.871. The molecule has 190 valence electrons. The van der Waals surface area contributed by atoms with Gasteiger partial charge in [-0.3, -0.25) is 4.79 Å². The zero-order valence-corrected chi connectivity index (χ0v) is 21.8. The molecule has 0 aliphatic rings. The topological polar surface area (TPSA) is 76.7 Å². The third-order valence-corrected chi connectivity index (χ3v) is 4.99. The highest BCUT2D eigenvalue weighted by molar-refractivity contribution is 5.76. The van der Waals surface area contributed by atoms with Crippen molar-refractivity contribution in [2.24, 2.45) is 5.92 Å². The number of carbonyl (C=O) groups is 2. The average molecular weight is 459 g/mol. The summed E-state index contributed by atoms with van der Waals surface area (Å²) in [5, 5.41) is 5.87. The maximum absolute atomic E-state index is 12.3. The van der Waals surface area contributed by atoms with E-state index in [1.807, 2.05) is 35.0 Å². The van der Waals surface area contributed by atoms with E-state index in [1.54, 1.807) is 0 Å². The van der Waals surface area contributed by atoms with E-state index in [0.29, 0.717) is 30.1 Å². The lowest BCUT2D eigenvalue weighted by atomic mass is 10.2. The molecule has 0 spiro atoms. The van der Waals surface area contributed by atoms with Gasteiger partial charge in [-0.05, 0) is 25.2 Å². The van der Waals surface area contributed by atoms with E-state index < -0.39 is 0 Å². The van der Waals surface area contributed by atoms with E-state index >= 15 is 0 Å². The van der Waals surface area contributed by atoms with E-state index in [9.17, 15) is 9.59 Å². The summed E-state index contributed by atoms with van der Waals surface area (Å²) in [7, 11) is 6.13. The Balaban J connectivity index is 3.90. The molecule has 32 heavy (non-hydrogen) atoms. The maximum Gasteiger partial charge on any atom is 0.315 e. The SMILES string of the molecule is CCCCCCCOCCCCCCNC(=O)N[C@H](CC(=O)OCC(C)C)C[N+](C)(C)C. The van der Waals surface area contributed by atoms with Crippen molar-refractivity contribution in [3.05, 3.63) is 0 Å². The second-order valence-electron chi connectivity index (χ2n) is 10.3. The first-order valence-electron chi connectivity index (χ1n) is 12.7. The third-order valence-electron chi connectivity index (χ3n) is 4.99. The van der Waals surface area contributed by atoms with Crippen LogP contribution in [0.5, 0.6) is 0 Å². The Morgan fingerprint density at radius 2 is 1.47 bits per heavy atom. The van der Waals surface area contributed by atoms with Crippen molar-refractivity contribution in [3.63, 3.8) is 0 Å². The molecule has 2 amide bonds. The van der Waals surface area contributed by atoms with Gasteiger partial charge in [0.1, 0.15) is 0 Å². The summed E-state index contributed by atoms with van der Waals surface area (Å²) >= 11 is 0. The molecule has 0 radical (unpaired) electrons. The Kier molecular flexibility index (Phi) is 18.4. The van der Waals surface area contributed by atoms with Crippen molar-refractivity contribution in [3.8, 4) is 0 Å². The number of hydrogen-bond donors (Lipinski definition) is 2. The number of unbranched alkanes of at least 4 members (excludes halogenated alkanes) is 7. The van der Waals surface area contributed by atoms with Crippen LogP contribution >= 0.6 is 0 Å². The molecule has 0 aliphatic heterocycles. The summed E-state index contributed by atoms with van der Waals surface area (Å²) in [6.45, 7) is 9.66. The van der Waals surface area contributed by atoms with E-state index in [4.69, 9.17) is 9.47 Å². The van der Waals surface area contributed by atoms with Crippen molar-refractivity contribution in [1.82, 2.24) is 10.6 Å². The van der Waals surface area contributed by atoms with Crippen molar-refractivity contribution in [2.75, 3.05) is 54.1 Å². The van der Waals surface area contributed by atoms with Crippen molar-refractivity contribution < 1.29 is 23.5 Å². The summed E-state index contributed by atoms with van der Waals surface area (Å²) in [6, 6.07) is -0.472. The molecule has 0 fully saturated rings. The first-order valence-corrected chi connectivity index (χ1v) is 12.7. The Morgan fingerprint density at radius 1 is 0.875 bits per heavy atom. The number of carbonyl (C=O) groups excluding carboxylic acids is 2. The Hall–Kier alpha value is -1.34. The van der Waals surface area contributed by atoms with Crippen LogP contribution in [-0.2, 0) is 14.3 Å². The molecule has 0 bridgehead atoms. The smallest absolute Gasteiger partial charge is 0.315 e. The molecule has 0 aliphatic carbocycles. The number of ether oxygens (including phenoxy) is 2. The van der Waals surface area contributed by atoms with Gasteiger partial charge in [0, 0.05) is 19.8 Å². The number of nitrogens with one attached hydrogen (secondary N) is 2. The van der Waals surface area contributed by atoms with Gasteiger partial charge < -0.3 is 24.6 Å². The van der Waals surface area contributed by atoms with Gasteiger partial charge >= 0.3 is 12.0 Å². The molecule has 0 heterocycles. The van der Waals surface area contributed by atoms with Crippen LogP contribution in [0.2, 0.25) is 0 Å².